The molecule has 2 nitrogen and oxygen atoms in total. The summed E-state index contributed by atoms with van der Waals surface area (Å²) in [5.41, 5.74) is 0. The summed E-state index contributed by atoms with van der Waals surface area (Å²) < 4.78 is 6.35. The average molecular weight is 272 g/mol. The summed E-state index contributed by atoms with van der Waals surface area (Å²) in [5, 5.41) is 3.65. The Morgan fingerprint density at radius 3 is 2.00 bits per heavy atom. The smallest absolute Gasteiger partial charge is 0.191 e. The summed E-state index contributed by atoms with van der Waals surface area (Å²) in [6, 6.07) is 0. The van der Waals surface area contributed by atoms with E-state index in [-0.39, 0.29) is 0 Å². The molecule has 1 fully saturated rings. The molecule has 0 radical (unpaired) electrons. The maximum atomic E-state index is 6.35. The highest BCUT2D eigenvalue weighted by Gasteiger charge is 2.37. The van der Waals surface area contributed by atoms with E-state index in [1.54, 1.807) is 0 Å². The van der Waals surface area contributed by atoms with Gasteiger partial charge in [0.15, 0.2) is 8.32 Å². The Morgan fingerprint density at radius 2 is 1.56 bits per heavy atom. The van der Waals surface area contributed by atoms with Crippen molar-refractivity contribution >= 4 is 8.32 Å². The lowest BCUT2D eigenvalue weighted by molar-refractivity contribution is 0.170. The number of nitrogens with one attached hydrogen (secondary N) is 1. The van der Waals surface area contributed by atoms with Crippen LogP contribution >= 0.6 is 0 Å². The predicted octanol–water partition coefficient (Wildman–Crippen LogP) is 4.03. The largest absolute Gasteiger partial charge is 0.417 e. The van der Waals surface area contributed by atoms with E-state index < -0.39 is 8.32 Å². The highest BCUT2D eigenvalue weighted by molar-refractivity contribution is 6.74. The second kappa shape index (κ2) is 6.53. The lowest BCUT2D eigenvalue weighted by Crippen LogP contribution is -2.42. The fourth-order valence-electron chi connectivity index (χ4n) is 2.43. The van der Waals surface area contributed by atoms with Crippen LogP contribution in [0.15, 0.2) is 0 Å². The molecule has 1 N–H and O–H groups in total. The van der Waals surface area contributed by atoms with E-state index in [4.69, 9.17) is 4.43 Å². The highest BCUT2D eigenvalue weighted by atomic mass is 28.4. The molecule has 0 aliphatic heterocycles. The van der Waals surface area contributed by atoms with Crippen molar-refractivity contribution in [3.63, 3.8) is 0 Å². The van der Waals surface area contributed by atoms with Gasteiger partial charge in [-0.05, 0) is 69.2 Å². The monoisotopic (exact) mass is 271 g/mol. The molecule has 108 valence electrons. The van der Waals surface area contributed by atoms with E-state index in [1.807, 2.05) is 0 Å². The van der Waals surface area contributed by atoms with Gasteiger partial charge in [-0.2, -0.15) is 0 Å². The normalized spacial score (nSPS) is 26.3. The predicted molar refractivity (Wildman–Crippen MR) is 82.5 cm³/mol. The van der Waals surface area contributed by atoms with Gasteiger partial charge in [0.05, 0.1) is 0 Å². The van der Waals surface area contributed by atoms with Gasteiger partial charge < -0.3 is 9.74 Å². The Morgan fingerprint density at radius 1 is 1.06 bits per heavy atom. The number of hydrogen-bond acceptors (Lipinski definition) is 2. The molecule has 0 unspecified atom stereocenters. The topological polar surface area (TPSA) is 21.3 Å². The lowest BCUT2D eigenvalue weighted by Gasteiger charge is -2.38. The zero-order valence-corrected chi connectivity index (χ0v) is 14.3. The third-order valence-electron chi connectivity index (χ3n) is 4.95. The minimum Gasteiger partial charge on any atom is -0.417 e. The molecule has 1 rings (SSSR count). The van der Waals surface area contributed by atoms with Gasteiger partial charge >= 0.3 is 0 Å². The van der Waals surface area contributed by atoms with Crippen molar-refractivity contribution in [1.82, 2.24) is 5.32 Å². The third-order valence-corrected chi connectivity index (χ3v) is 9.45. The third kappa shape index (κ3) is 4.67. The van der Waals surface area contributed by atoms with Gasteiger partial charge in [-0.3, -0.25) is 0 Å². The molecular formula is C15H33NOSi. The maximum Gasteiger partial charge on any atom is 0.191 e. The fraction of sp³-hybridized carbons (Fsp3) is 1.00. The van der Waals surface area contributed by atoms with Gasteiger partial charge in [-0.25, -0.2) is 0 Å². The first-order chi connectivity index (χ1) is 8.26. The maximum absolute atomic E-state index is 6.35. The first-order valence-electron chi connectivity index (χ1n) is 7.55. The van der Waals surface area contributed by atoms with Crippen molar-refractivity contribution in [1.29, 1.82) is 0 Å². The van der Waals surface area contributed by atoms with Crippen molar-refractivity contribution in [2.24, 2.45) is 11.8 Å². The zero-order chi connectivity index (χ0) is 13.8. The first kappa shape index (κ1) is 16.2. The van der Waals surface area contributed by atoms with Gasteiger partial charge in [0.2, 0.25) is 0 Å². The second-order valence-corrected chi connectivity index (χ2v) is 12.3. The molecule has 0 heterocycles. The SMILES string of the molecule is CNCC1CCC(CO[Si](C)(C)C(C)(C)C)CC1. The Kier molecular flexibility index (Phi) is 5.88. The molecule has 3 heteroatoms. The quantitative estimate of drug-likeness (QED) is 0.762. The van der Waals surface area contributed by atoms with E-state index in [2.05, 4.69) is 46.2 Å². The van der Waals surface area contributed by atoms with Crippen LogP contribution in [-0.2, 0) is 4.43 Å². The molecule has 1 aliphatic carbocycles. The van der Waals surface area contributed by atoms with E-state index in [9.17, 15) is 0 Å². The van der Waals surface area contributed by atoms with Crippen LogP contribution in [0.3, 0.4) is 0 Å². The average Bonchev–Trinajstić information content (AvgIpc) is 2.27. The standard InChI is InChI=1S/C15H33NOSi/c1-15(2,3)18(5,6)17-12-14-9-7-13(8-10-14)11-16-4/h13-14,16H,7-12H2,1-6H3. The van der Waals surface area contributed by atoms with Crippen molar-refractivity contribution in [2.45, 2.75) is 64.6 Å². The molecule has 0 bridgehead atoms. The summed E-state index contributed by atoms with van der Waals surface area (Å²) in [5.74, 6) is 1.71. The Bertz CT molecular complexity index is 239. The summed E-state index contributed by atoms with van der Waals surface area (Å²) >= 11 is 0. The van der Waals surface area contributed by atoms with Crippen LogP contribution in [0.2, 0.25) is 18.1 Å². The summed E-state index contributed by atoms with van der Waals surface area (Å²) in [4.78, 5) is 0. The van der Waals surface area contributed by atoms with Crippen molar-refractivity contribution in [2.75, 3.05) is 20.2 Å². The molecule has 0 amide bonds. The van der Waals surface area contributed by atoms with Crippen LogP contribution in [0.4, 0.5) is 0 Å². The molecular weight excluding hydrogens is 238 g/mol. The molecule has 18 heavy (non-hydrogen) atoms. The van der Waals surface area contributed by atoms with Gasteiger partial charge in [0.1, 0.15) is 0 Å². The number of hydrogen-bond donors (Lipinski definition) is 1. The Hall–Kier alpha value is 0.137. The Balaban J connectivity index is 2.30. The van der Waals surface area contributed by atoms with Crippen LogP contribution in [0.5, 0.6) is 0 Å². The highest BCUT2D eigenvalue weighted by Crippen LogP contribution is 2.38. The summed E-state index contributed by atoms with van der Waals surface area (Å²) in [6.07, 6.45) is 5.49. The Labute approximate surface area is 115 Å². The second-order valence-electron chi connectivity index (χ2n) is 7.52. The molecule has 0 atom stereocenters. The molecule has 0 aromatic carbocycles. The van der Waals surface area contributed by atoms with Crippen molar-refractivity contribution < 1.29 is 4.43 Å². The first-order valence-corrected chi connectivity index (χ1v) is 10.5. The van der Waals surface area contributed by atoms with Gasteiger partial charge in [-0.15, -0.1) is 0 Å². The van der Waals surface area contributed by atoms with Gasteiger partial charge in [0, 0.05) is 6.61 Å². The number of rotatable bonds is 5. The van der Waals surface area contributed by atoms with Crippen LogP contribution in [0, 0.1) is 11.8 Å². The molecule has 1 saturated carbocycles. The molecule has 0 saturated heterocycles. The van der Waals surface area contributed by atoms with Crippen LogP contribution in [0.25, 0.3) is 0 Å². The van der Waals surface area contributed by atoms with E-state index in [0.29, 0.717) is 5.04 Å². The minimum atomic E-state index is -1.53. The van der Waals surface area contributed by atoms with Crippen molar-refractivity contribution in [3.05, 3.63) is 0 Å². The van der Waals surface area contributed by atoms with E-state index in [0.717, 1.165) is 18.4 Å². The summed E-state index contributed by atoms with van der Waals surface area (Å²) in [7, 11) is 0.529. The van der Waals surface area contributed by atoms with Gasteiger partial charge in [0.25, 0.3) is 0 Å². The molecule has 1 aliphatic rings. The van der Waals surface area contributed by atoms with Gasteiger partial charge in [-0.1, -0.05) is 20.8 Å². The van der Waals surface area contributed by atoms with E-state index >= 15 is 0 Å². The molecule has 0 aromatic heterocycles. The van der Waals surface area contributed by atoms with Crippen LogP contribution in [-0.4, -0.2) is 28.5 Å². The zero-order valence-electron chi connectivity index (χ0n) is 13.3. The van der Waals surface area contributed by atoms with E-state index in [1.165, 1.54) is 32.2 Å². The molecule has 0 aromatic rings. The minimum absolute atomic E-state index is 0.344. The van der Waals surface area contributed by atoms with Crippen molar-refractivity contribution in [3.8, 4) is 0 Å². The molecule has 0 spiro atoms. The van der Waals surface area contributed by atoms with Crippen LogP contribution < -0.4 is 5.32 Å². The lowest BCUT2D eigenvalue weighted by atomic mass is 9.82. The summed E-state index contributed by atoms with van der Waals surface area (Å²) in [6.45, 7) is 13.9. The fourth-order valence-corrected chi connectivity index (χ4v) is 3.52. The van der Waals surface area contributed by atoms with Crippen LogP contribution in [0.1, 0.15) is 46.5 Å².